The molecule has 2 aliphatic rings. The van der Waals surface area contributed by atoms with Gasteiger partial charge in [-0.15, -0.1) is 0 Å². The summed E-state index contributed by atoms with van der Waals surface area (Å²) >= 11 is 0. The zero-order chi connectivity index (χ0) is 13.8. The van der Waals surface area contributed by atoms with Gasteiger partial charge in [-0.05, 0) is 6.07 Å². The minimum Gasteiger partial charge on any atom is -0.507 e. The quantitative estimate of drug-likeness (QED) is 0.768. The Kier molecular flexibility index (Phi) is 4.25. The molecular weight excluding hydrogens is 260 g/mol. The third-order valence-corrected chi connectivity index (χ3v) is 3.60. The molecule has 2 N–H and O–H groups in total. The number of ether oxygens (including phenoxy) is 3. The maximum absolute atomic E-state index is 9.92. The molecule has 0 saturated carbocycles. The number of aromatic hydroxyl groups is 1. The third-order valence-electron chi connectivity index (χ3n) is 3.60. The van der Waals surface area contributed by atoms with Crippen molar-refractivity contribution in [3.63, 3.8) is 0 Å². The Morgan fingerprint density at radius 2 is 1.90 bits per heavy atom. The van der Waals surface area contributed by atoms with E-state index in [1.54, 1.807) is 6.07 Å². The molecule has 1 aromatic carbocycles. The Morgan fingerprint density at radius 1 is 1.15 bits per heavy atom. The van der Waals surface area contributed by atoms with Crippen LogP contribution in [0.25, 0.3) is 0 Å². The molecule has 3 rings (SSSR count). The number of rotatable bonds is 5. The van der Waals surface area contributed by atoms with Crippen LogP contribution in [-0.4, -0.2) is 56.2 Å². The maximum Gasteiger partial charge on any atom is 0.231 e. The van der Waals surface area contributed by atoms with Gasteiger partial charge in [-0.25, -0.2) is 0 Å². The Morgan fingerprint density at radius 3 is 2.70 bits per heavy atom. The van der Waals surface area contributed by atoms with Crippen molar-refractivity contribution in [1.29, 1.82) is 0 Å². The SMILES string of the molecule is Oc1cc2c(cc1CNCCN1CCOCC1)OCO2. The molecule has 0 amide bonds. The summed E-state index contributed by atoms with van der Waals surface area (Å²) < 4.78 is 15.8. The van der Waals surface area contributed by atoms with E-state index in [0.717, 1.165) is 45.0 Å². The second-order valence-corrected chi connectivity index (χ2v) is 4.96. The van der Waals surface area contributed by atoms with Gasteiger partial charge in [0.25, 0.3) is 0 Å². The fraction of sp³-hybridized carbons (Fsp3) is 0.571. The van der Waals surface area contributed by atoms with Crippen LogP contribution >= 0.6 is 0 Å². The largest absolute Gasteiger partial charge is 0.507 e. The number of hydrogen-bond donors (Lipinski definition) is 2. The molecule has 0 spiro atoms. The van der Waals surface area contributed by atoms with E-state index < -0.39 is 0 Å². The van der Waals surface area contributed by atoms with E-state index in [2.05, 4.69) is 10.2 Å². The standard InChI is InChI=1S/C14H20N2O4/c17-12-8-14-13(19-10-20-14)7-11(12)9-15-1-2-16-3-5-18-6-4-16/h7-8,15,17H,1-6,9-10H2. The molecule has 2 heterocycles. The average molecular weight is 280 g/mol. The lowest BCUT2D eigenvalue weighted by Crippen LogP contribution is -2.40. The molecule has 6 nitrogen and oxygen atoms in total. The van der Waals surface area contributed by atoms with Crippen molar-refractivity contribution >= 4 is 0 Å². The highest BCUT2D eigenvalue weighted by Gasteiger charge is 2.16. The van der Waals surface area contributed by atoms with Crippen LogP contribution in [0.15, 0.2) is 12.1 Å². The zero-order valence-electron chi connectivity index (χ0n) is 11.4. The second kappa shape index (κ2) is 6.30. The van der Waals surface area contributed by atoms with E-state index in [0.29, 0.717) is 18.0 Å². The molecule has 0 radical (unpaired) electrons. The van der Waals surface area contributed by atoms with Crippen LogP contribution in [-0.2, 0) is 11.3 Å². The molecule has 1 saturated heterocycles. The van der Waals surface area contributed by atoms with Crippen LogP contribution in [0.3, 0.4) is 0 Å². The predicted octanol–water partition coefficient (Wildman–Crippen LogP) is 0.543. The summed E-state index contributed by atoms with van der Waals surface area (Å²) in [5.41, 5.74) is 0.830. The average Bonchev–Trinajstić information content (AvgIpc) is 2.91. The lowest BCUT2D eigenvalue weighted by Gasteiger charge is -2.26. The number of hydrogen-bond acceptors (Lipinski definition) is 6. The van der Waals surface area contributed by atoms with Gasteiger partial charge in [0.1, 0.15) is 5.75 Å². The molecule has 0 aromatic heterocycles. The van der Waals surface area contributed by atoms with Crippen LogP contribution in [0.5, 0.6) is 17.2 Å². The van der Waals surface area contributed by atoms with Crippen molar-refractivity contribution in [3.05, 3.63) is 17.7 Å². The maximum atomic E-state index is 9.92. The first-order chi connectivity index (χ1) is 9.83. The van der Waals surface area contributed by atoms with Gasteiger partial charge in [0.15, 0.2) is 11.5 Å². The normalized spacial score (nSPS) is 18.4. The van der Waals surface area contributed by atoms with E-state index in [4.69, 9.17) is 14.2 Å². The highest BCUT2D eigenvalue weighted by atomic mass is 16.7. The first kappa shape index (κ1) is 13.5. The molecule has 2 aliphatic heterocycles. The van der Waals surface area contributed by atoms with Crippen LogP contribution in [0.2, 0.25) is 0 Å². The Bertz CT molecular complexity index is 461. The van der Waals surface area contributed by atoms with Gasteiger partial charge in [0.2, 0.25) is 6.79 Å². The molecule has 1 fully saturated rings. The highest BCUT2D eigenvalue weighted by molar-refractivity contribution is 5.51. The summed E-state index contributed by atoms with van der Waals surface area (Å²) in [7, 11) is 0. The van der Waals surface area contributed by atoms with Crippen LogP contribution in [0.4, 0.5) is 0 Å². The summed E-state index contributed by atoms with van der Waals surface area (Å²) in [4.78, 5) is 2.37. The van der Waals surface area contributed by atoms with E-state index in [-0.39, 0.29) is 12.5 Å². The van der Waals surface area contributed by atoms with Crippen molar-refractivity contribution in [1.82, 2.24) is 10.2 Å². The predicted molar refractivity (Wildman–Crippen MR) is 73.2 cm³/mol. The Balaban J connectivity index is 1.46. The molecule has 0 unspecified atom stereocenters. The van der Waals surface area contributed by atoms with Crippen molar-refractivity contribution in [2.75, 3.05) is 46.2 Å². The van der Waals surface area contributed by atoms with Crippen molar-refractivity contribution in [2.24, 2.45) is 0 Å². The molecule has 0 bridgehead atoms. The molecule has 6 heteroatoms. The van der Waals surface area contributed by atoms with Gasteiger partial charge in [-0.2, -0.15) is 0 Å². The number of fused-ring (bicyclic) bond motifs is 1. The van der Waals surface area contributed by atoms with Crippen LogP contribution < -0.4 is 14.8 Å². The summed E-state index contributed by atoms with van der Waals surface area (Å²) in [6, 6.07) is 3.45. The van der Waals surface area contributed by atoms with E-state index in [1.165, 1.54) is 0 Å². The number of nitrogens with zero attached hydrogens (tertiary/aromatic N) is 1. The number of morpholine rings is 1. The summed E-state index contributed by atoms with van der Waals surface area (Å²) in [5, 5.41) is 13.3. The van der Waals surface area contributed by atoms with Crippen molar-refractivity contribution < 1.29 is 19.3 Å². The topological polar surface area (TPSA) is 63.2 Å². The van der Waals surface area contributed by atoms with Crippen molar-refractivity contribution in [3.8, 4) is 17.2 Å². The summed E-state index contributed by atoms with van der Waals surface area (Å²) in [5.74, 6) is 1.56. The monoisotopic (exact) mass is 280 g/mol. The molecule has 0 atom stereocenters. The van der Waals surface area contributed by atoms with Gasteiger partial charge in [0.05, 0.1) is 13.2 Å². The summed E-state index contributed by atoms with van der Waals surface area (Å²) in [6.45, 7) is 6.36. The fourth-order valence-electron chi connectivity index (χ4n) is 2.40. The van der Waals surface area contributed by atoms with Crippen molar-refractivity contribution in [2.45, 2.75) is 6.54 Å². The van der Waals surface area contributed by atoms with E-state index in [9.17, 15) is 5.11 Å². The Hall–Kier alpha value is -1.50. The minimum absolute atomic E-state index is 0.225. The van der Waals surface area contributed by atoms with Gasteiger partial charge < -0.3 is 24.6 Å². The molecule has 0 aliphatic carbocycles. The second-order valence-electron chi connectivity index (χ2n) is 4.96. The zero-order valence-corrected chi connectivity index (χ0v) is 11.4. The van der Waals surface area contributed by atoms with Crippen LogP contribution in [0.1, 0.15) is 5.56 Å². The highest BCUT2D eigenvalue weighted by Crippen LogP contribution is 2.37. The lowest BCUT2D eigenvalue weighted by molar-refractivity contribution is 0.0384. The summed E-state index contributed by atoms with van der Waals surface area (Å²) in [6.07, 6.45) is 0. The molecule has 110 valence electrons. The third kappa shape index (κ3) is 3.15. The van der Waals surface area contributed by atoms with Crippen LogP contribution in [0, 0.1) is 0 Å². The number of benzene rings is 1. The van der Waals surface area contributed by atoms with Gasteiger partial charge in [-0.1, -0.05) is 0 Å². The number of phenolic OH excluding ortho intramolecular Hbond substituents is 1. The van der Waals surface area contributed by atoms with E-state index in [1.807, 2.05) is 6.07 Å². The first-order valence-electron chi connectivity index (χ1n) is 6.95. The number of nitrogens with one attached hydrogen (secondary N) is 1. The number of phenols is 1. The lowest BCUT2D eigenvalue weighted by atomic mass is 10.1. The smallest absolute Gasteiger partial charge is 0.231 e. The van der Waals surface area contributed by atoms with Gasteiger partial charge >= 0.3 is 0 Å². The molecule has 20 heavy (non-hydrogen) atoms. The van der Waals surface area contributed by atoms with E-state index >= 15 is 0 Å². The van der Waals surface area contributed by atoms with Gasteiger partial charge in [-0.3, -0.25) is 4.90 Å². The minimum atomic E-state index is 0.225. The molecular formula is C14H20N2O4. The molecule has 1 aromatic rings. The fourth-order valence-corrected chi connectivity index (χ4v) is 2.40. The van der Waals surface area contributed by atoms with Gasteiger partial charge in [0, 0.05) is 44.4 Å². The first-order valence-corrected chi connectivity index (χ1v) is 6.95. The Labute approximate surface area is 118 Å².